The Morgan fingerprint density at radius 1 is 0.933 bits per heavy atom. The molecule has 1 aromatic heterocycles. The summed E-state index contributed by atoms with van der Waals surface area (Å²) >= 11 is 0. The lowest BCUT2D eigenvalue weighted by molar-refractivity contribution is 1.30. The fraction of sp³-hybridized carbons (Fsp3) is 0. The maximum absolute atomic E-state index is 5.60. The molecule has 2 rings (SSSR count). The molecule has 1 heterocycles. The molecule has 74 valence electrons. The Hall–Kier alpha value is -2.09. The van der Waals surface area contributed by atoms with E-state index < -0.39 is 0 Å². The molecule has 1 aromatic carbocycles. The number of rotatable bonds is 2. The summed E-state index contributed by atoms with van der Waals surface area (Å²) in [7, 11) is 0. The monoisotopic (exact) mass is 196 g/mol. The third-order valence-electron chi connectivity index (χ3n) is 2.07. The lowest BCUT2D eigenvalue weighted by Gasteiger charge is -1.94. The van der Waals surface area contributed by atoms with Crippen molar-refractivity contribution in [1.29, 1.82) is 0 Å². The van der Waals surface area contributed by atoms with Gasteiger partial charge in [0.2, 0.25) is 0 Å². The Morgan fingerprint density at radius 3 is 2.40 bits per heavy atom. The van der Waals surface area contributed by atoms with Crippen LogP contribution in [0.25, 0.3) is 12.2 Å². The zero-order valence-corrected chi connectivity index (χ0v) is 8.30. The van der Waals surface area contributed by atoms with Crippen molar-refractivity contribution in [3.63, 3.8) is 0 Å². The molecule has 2 heteroatoms. The Balaban J connectivity index is 2.15. The minimum absolute atomic E-state index is 0.782. The number of hydrogen-bond donors (Lipinski definition) is 1. The van der Waals surface area contributed by atoms with Crippen LogP contribution < -0.4 is 5.73 Å². The molecule has 0 atom stereocenters. The van der Waals surface area contributed by atoms with Gasteiger partial charge < -0.3 is 5.73 Å². The number of nitrogens with two attached hydrogens (primary N) is 1. The van der Waals surface area contributed by atoms with Gasteiger partial charge in [-0.1, -0.05) is 24.3 Å². The van der Waals surface area contributed by atoms with Crippen molar-refractivity contribution < 1.29 is 0 Å². The molecule has 15 heavy (non-hydrogen) atoms. The number of nitrogens with zero attached hydrogens (tertiary/aromatic N) is 1. The van der Waals surface area contributed by atoms with Gasteiger partial charge in [-0.25, -0.2) is 0 Å². The van der Waals surface area contributed by atoms with Gasteiger partial charge in [-0.05, 0) is 35.9 Å². The molecule has 0 fully saturated rings. The lowest BCUT2D eigenvalue weighted by Crippen LogP contribution is -1.82. The lowest BCUT2D eigenvalue weighted by atomic mass is 10.2. The maximum Gasteiger partial charge on any atom is 0.0629 e. The molecule has 0 saturated carbocycles. The standard InChI is InChI=1S/C13H12N2/c14-12-7-4-11(5-8-12)6-9-13-3-1-2-10-15-13/h1-10H,14H2/b9-6-. The van der Waals surface area contributed by atoms with Crippen molar-refractivity contribution in [3.8, 4) is 0 Å². The van der Waals surface area contributed by atoms with Crippen molar-refractivity contribution in [3.05, 3.63) is 59.9 Å². The molecule has 0 saturated heterocycles. The normalized spacial score (nSPS) is 10.7. The summed E-state index contributed by atoms with van der Waals surface area (Å²) in [5.41, 5.74) is 8.45. The summed E-state index contributed by atoms with van der Waals surface area (Å²) in [6, 6.07) is 13.6. The Kier molecular flexibility index (Phi) is 2.79. The Morgan fingerprint density at radius 2 is 1.73 bits per heavy atom. The molecule has 0 radical (unpaired) electrons. The van der Waals surface area contributed by atoms with E-state index in [1.54, 1.807) is 6.20 Å². The second kappa shape index (κ2) is 4.42. The van der Waals surface area contributed by atoms with E-state index in [1.165, 1.54) is 0 Å². The summed E-state index contributed by atoms with van der Waals surface area (Å²) in [6.07, 6.45) is 5.77. The highest BCUT2D eigenvalue weighted by Crippen LogP contribution is 2.08. The van der Waals surface area contributed by atoms with Gasteiger partial charge in [0.15, 0.2) is 0 Å². The van der Waals surface area contributed by atoms with Crippen LogP contribution in [0.2, 0.25) is 0 Å². The van der Waals surface area contributed by atoms with Crippen molar-refractivity contribution in [2.45, 2.75) is 0 Å². The molecule has 0 aliphatic rings. The van der Waals surface area contributed by atoms with Crippen molar-refractivity contribution in [2.24, 2.45) is 0 Å². The minimum Gasteiger partial charge on any atom is -0.399 e. The maximum atomic E-state index is 5.60. The van der Waals surface area contributed by atoms with E-state index in [2.05, 4.69) is 4.98 Å². The summed E-state index contributed by atoms with van der Waals surface area (Å²) in [6.45, 7) is 0. The molecule has 0 aliphatic heterocycles. The molecule has 2 aromatic rings. The number of hydrogen-bond acceptors (Lipinski definition) is 2. The van der Waals surface area contributed by atoms with Crippen LogP contribution in [0.4, 0.5) is 5.69 Å². The first-order chi connectivity index (χ1) is 7.34. The van der Waals surface area contributed by atoms with Gasteiger partial charge in [0, 0.05) is 11.9 Å². The molecule has 2 N–H and O–H groups in total. The highest BCUT2D eigenvalue weighted by Gasteiger charge is 1.88. The van der Waals surface area contributed by atoms with Crippen molar-refractivity contribution in [2.75, 3.05) is 5.73 Å². The van der Waals surface area contributed by atoms with Crippen molar-refractivity contribution >= 4 is 17.8 Å². The second-order valence-corrected chi connectivity index (χ2v) is 3.25. The van der Waals surface area contributed by atoms with Gasteiger partial charge in [-0.15, -0.1) is 0 Å². The number of benzene rings is 1. The van der Waals surface area contributed by atoms with Crippen LogP contribution in [0.15, 0.2) is 48.7 Å². The molecule has 0 bridgehead atoms. The predicted octanol–water partition coefficient (Wildman–Crippen LogP) is 2.83. The van der Waals surface area contributed by atoms with E-state index in [-0.39, 0.29) is 0 Å². The molecular formula is C13H12N2. The van der Waals surface area contributed by atoms with Crippen LogP contribution in [-0.2, 0) is 0 Å². The smallest absolute Gasteiger partial charge is 0.0629 e. The van der Waals surface area contributed by atoms with Crippen LogP contribution in [0, 0.1) is 0 Å². The molecule has 0 aliphatic carbocycles. The van der Waals surface area contributed by atoms with Crippen LogP contribution in [-0.4, -0.2) is 4.98 Å². The largest absolute Gasteiger partial charge is 0.399 e. The quantitative estimate of drug-likeness (QED) is 0.750. The summed E-state index contributed by atoms with van der Waals surface area (Å²) in [5, 5.41) is 0. The first-order valence-electron chi connectivity index (χ1n) is 4.79. The molecule has 0 amide bonds. The van der Waals surface area contributed by atoms with E-state index in [9.17, 15) is 0 Å². The third-order valence-corrected chi connectivity index (χ3v) is 2.07. The first-order valence-corrected chi connectivity index (χ1v) is 4.79. The SMILES string of the molecule is Nc1ccc(/C=C\c2ccccn2)cc1. The molecule has 0 spiro atoms. The summed E-state index contributed by atoms with van der Waals surface area (Å²) < 4.78 is 0. The average Bonchev–Trinajstić information content (AvgIpc) is 2.30. The van der Waals surface area contributed by atoms with Gasteiger partial charge in [0.1, 0.15) is 0 Å². The van der Waals surface area contributed by atoms with E-state index in [1.807, 2.05) is 54.6 Å². The third kappa shape index (κ3) is 2.68. The van der Waals surface area contributed by atoms with E-state index >= 15 is 0 Å². The molecular weight excluding hydrogens is 184 g/mol. The van der Waals surface area contributed by atoms with Crippen molar-refractivity contribution in [1.82, 2.24) is 4.98 Å². The van der Waals surface area contributed by atoms with Crippen LogP contribution in [0.5, 0.6) is 0 Å². The highest BCUT2D eigenvalue weighted by molar-refractivity contribution is 5.68. The van der Waals surface area contributed by atoms with Gasteiger partial charge in [-0.2, -0.15) is 0 Å². The minimum atomic E-state index is 0.782. The average molecular weight is 196 g/mol. The fourth-order valence-electron chi connectivity index (χ4n) is 1.26. The fourth-order valence-corrected chi connectivity index (χ4v) is 1.26. The summed E-state index contributed by atoms with van der Waals surface area (Å²) in [4.78, 5) is 4.20. The predicted molar refractivity (Wildman–Crippen MR) is 64.0 cm³/mol. The van der Waals surface area contributed by atoms with Gasteiger partial charge in [0.25, 0.3) is 0 Å². The zero-order valence-electron chi connectivity index (χ0n) is 8.30. The molecule has 2 nitrogen and oxygen atoms in total. The van der Waals surface area contributed by atoms with E-state index in [4.69, 9.17) is 5.73 Å². The van der Waals surface area contributed by atoms with Gasteiger partial charge in [-0.3, -0.25) is 4.98 Å². The molecule has 0 unspecified atom stereocenters. The van der Waals surface area contributed by atoms with E-state index in [0.29, 0.717) is 0 Å². The number of pyridine rings is 1. The number of anilines is 1. The van der Waals surface area contributed by atoms with Gasteiger partial charge >= 0.3 is 0 Å². The first kappa shape index (κ1) is 9.46. The van der Waals surface area contributed by atoms with E-state index in [0.717, 1.165) is 16.9 Å². The Bertz CT molecular complexity index is 444. The number of nitrogen functional groups attached to an aromatic ring is 1. The van der Waals surface area contributed by atoms with Crippen LogP contribution in [0.1, 0.15) is 11.3 Å². The zero-order chi connectivity index (χ0) is 10.5. The Labute approximate surface area is 89.1 Å². The second-order valence-electron chi connectivity index (χ2n) is 3.25. The highest BCUT2D eigenvalue weighted by atomic mass is 14.6. The van der Waals surface area contributed by atoms with Crippen LogP contribution in [0.3, 0.4) is 0 Å². The number of aromatic nitrogens is 1. The summed E-state index contributed by atoms with van der Waals surface area (Å²) in [5.74, 6) is 0. The topological polar surface area (TPSA) is 38.9 Å². The van der Waals surface area contributed by atoms with Crippen LogP contribution >= 0.6 is 0 Å². The van der Waals surface area contributed by atoms with Gasteiger partial charge in [0.05, 0.1) is 5.69 Å².